The average molecular weight is 341 g/mol. The Labute approximate surface area is 147 Å². The van der Waals surface area contributed by atoms with Crippen LogP contribution in [0.1, 0.15) is 47.8 Å². The highest BCUT2D eigenvalue weighted by Crippen LogP contribution is 2.29. The zero-order chi connectivity index (χ0) is 18.1. The standard InChI is InChI=1S/C19H23N3O3/c1-12-8-13(2)22(20-12)14(3)9-18(23)21-10-15-6-4-5-7-16(15)17(11-21)19(24)25/h4-8,14,17H,9-11H2,1-3H3,(H,24,25). The zero-order valence-corrected chi connectivity index (χ0v) is 14.8. The fraction of sp³-hybridized carbons (Fsp3) is 0.421. The Morgan fingerprint density at radius 1 is 1.32 bits per heavy atom. The molecule has 0 saturated heterocycles. The van der Waals surface area contributed by atoms with Crippen molar-refractivity contribution in [1.82, 2.24) is 14.7 Å². The number of rotatable bonds is 4. The van der Waals surface area contributed by atoms with Crippen LogP contribution in [0.15, 0.2) is 30.3 Å². The first-order valence-corrected chi connectivity index (χ1v) is 8.48. The minimum absolute atomic E-state index is 0.0409. The third-order valence-electron chi connectivity index (χ3n) is 4.78. The molecule has 3 rings (SSSR count). The van der Waals surface area contributed by atoms with E-state index in [9.17, 15) is 14.7 Å². The number of fused-ring (bicyclic) bond motifs is 1. The van der Waals surface area contributed by atoms with Gasteiger partial charge in [-0.25, -0.2) is 0 Å². The molecular weight excluding hydrogens is 318 g/mol. The van der Waals surface area contributed by atoms with Crippen LogP contribution in [0.3, 0.4) is 0 Å². The van der Waals surface area contributed by atoms with E-state index in [1.54, 1.807) is 4.90 Å². The number of carboxylic acid groups (broad SMARTS) is 1. The van der Waals surface area contributed by atoms with Crippen LogP contribution in [-0.4, -0.2) is 38.2 Å². The summed E-state index contributed by atoms with van der Waals surface area (Å²) in [7, 11) is 0. The molecule has 1 aliphatic rings. The number of carbonyl (C=O) groups is 2. The Balaban J connectivity index is 1.77. The van der Waals surface area contributed by atoms with E-state index in [0.717, 1.165) is 22.5 Å². The molecule has 2 unspecified atom stereocenters. The van der Waals surface area contributed by atoms with Gasteiger partial charge in [0.05, 0.1) is 17.7 Å². The quantitative estimate of drug-likeness (QED) is 0.928. The highest BCUT2D eigenvalue weighted by Gasteiger charge is 2.32. The second-order valence-corrected chi connectivity index (χ2v) is 6.79. The lowest BCUT2D eigenvalue weighted by atomic mass is 9.89. The van der Waals surface area contributed by atoms with E-state index in [1.165, 1.54) is 0 Å². The number of aromatic nitrogens is 2. The molecule has 2 heterocycles. The average Bonchev–Trinajstić information content (AvgIpc) is 2.92. The topological polar surface area (TPSA) is 75.4 Å². The largest absolute Gasteiger partial charge is 0.481 e. The van der Waals surface area contributed by atoms with Crippen molar-refractivity contribution in [2.24, 2.45) is 0 Å². The molecule has 2 atom stereocenters. The fourth-order valence-corrected chi connectivity index (χ4v) is 3.57. The maximum absolute atomic E-state index is 12.8. The molecule has 6 nitrogen and oxygen atoms in total. The van der Waals surface area contributed by atoms with Crippen molar-refractivity contribution < 1.29 is 14.7 Å². The number of aliphatic carboxylic acids is 1. The first-order valence-electron chi connectivity index (χ1n) is 8.48. The molecule has 2 aromatic rings. The van der Waals surface area contributed by atoms with E-state index in [4.69, 9.17) is 0 Å². The van der Waals surface area contributed by atoms with Crippen molar-refractivity contribution in [3.05, 3.63) is 52.8 Å². The van der Waals surface area contributed by atoms with Gasteiger partial charge in [0.1, 0.15) is 0 Å². The molecule has 0 saturated carbocycles. The summed E-state index contributed by atoms with van der Waals surface area (Å²) in [5.74, 6) is -1.60. The van der Waals surface area contributed by atoms with E-state index >= 15 is 0 Å². The van der Waals surface area contributed by atoms with E-state index in [1.807, 2.05) is 55.8 Å². The monoisotopic (exact) mass is 341 g/mol. The molecule has 1 amide bonds. The summed E-state index contributed by atoms with van der Waals surface area (Å²) >= 11 is 0. The molecule has 6 heteroatoms. The molecule has 1 aliphatic heterocycles. The van der Waals surface area contributed by atoms with Gasteiger partial charge in [-0.2, -0.15) is 5.10 Å². The highest BCUT2D eigenvalue weighted by atomic mass is 16.4. The van der Waals surface area contributed by atoms with Crippen LogP contribution in [-0.2, 0) is 16.1 Å². The molecule has 1 aromatic heterocycles. The number of carbonyl (C=O) groups excluding carboxylic acids is 1. The zero-order valence-electron chi connectivity index (χ0n) is 14.8. The Hall–Kier alpha value is -2.63. The number of benzene rings is 1. The van der Waals surface area contributed by atoms with Crippen molar-refractivity contribution in [3.63, 3.8) is 0 Å². The maximum Gasteiger partial charge on any atom is 0.312 e. The van der Waals surface area contributed by atoms with Gasteiger partial charge in [0.15, 0.2) is 0 Å². The number of aryl methyl sites for hydroxylation is 2. The summed E-state index contributed by atoms with van der Waals surface area (Å²) in [4.78, 5) is 26.1. The smallest absolute Gasteiger partial charge is 0.312 e. The Bertz CT molecular complexity index is 812. The molecule has 1 N–H and O–H groups in total. The molecule has 0 radical (unpaired) electrons. The Kier molecular flexibility index (Phi) is 4.61. The second kappa shape index (κ2) is 6.70. The first-order chi connectivity index (χ1) is 11.9. The molecule has 0 fully saturated rings. The Morgan fingerprint density at radius 2 is 2.04 bits per heavy atom. The van der Waals surface area contributed by atoms with Crippen LogP contribution in [0.2, 0.25) is 0 Å². The predicted molar refractivity (Wildman–Crippen MR) is 93.3 cm³/mol. The third-order valence-corrected chi connectivity index (χ3v) is 4.78. The van der Waals surface area contributed by atoms with Gasteiger partial charge >= 0.3 is 5.97 Å². The van der Waals surface area contributed by atoms with Gasteiger partial charge in [0.25, 0.3) is 0 Å². The van der Waals surface area contributed by atoms with Crippen molar-refractivity contribution in [3.8, 4) is 0 Å². The van der Waals surface area contributed by atoms with Gasteiger partial charge in [-0.05, 0) is 38.0 Å². The highest BCUT2D eigenvalue weighted by molar-refractivity contribution is 5.81. The summed E-state index contributed by atoms with van der Waals surface area (Å²) in [6.45, 7) is 6.54. The van der Waals surface area contributed by atoms with Gasteiger partial charge in [-0.1, -0.05) is 24.3 Å². The number of hydrogen-bond donors (Lipinski definition) is 1. The first kappa shape index (κ1) is 17.2. The van der Waals surface area contributed by atoms with Crippen LogP contribution < -0.4 is 0 Å². The van der Waals surface area contributed by atoms with Gasteiger partial charge in [-0.15, -0.1) is 0 Å². The van der Waals surface area contributed by atoms with Gasteiger partial charge < -0.3 is 10.0 Å². The normalized spacial score (nSPS) is 17.9. The molecular formula is C19H23N3O3. The van der Waals surface area contributed by atoms with Crippen molar-refractivity contribution in [2.75, 3.05) is 6.54 Å². The van der Waals surface area contributed by atoms with E-state index in [0.29, 0.717) is 13.0 Å². The lowest BCUT2D eigenvalue weighted by molar-refractivity contribution is -0.141. The van der Waals surface area contributed by atoms with Gasteiger partial charge in [-0.3, -0.25) is 14.3 Å². The van der Waals surface area contributed by atoms with Crippen LogP contribution >= 0.6 is 0 Å². The predicted octanol–water partition coefficient (Wildman–Crippen LogP) is 2.66. The number of nitrogens with zero attached hydrogens (tertiary/aromatic N) is 3. The fourth-order valence-electron chi connectivity index (χ4n) is 3.57. The van der Waals surface area contributed by atoms with Gasteiger partial charge in [0, 0.05) is 25.2 Å². The van der Waals surface area contributed by atoms with Crippen LogP contribution in [0.25, 0.3) is 0 Å². The number of amides is 1. The molecule has 1 aromatic carbocycles. The minimum atomic E-state index is -0.892. The SMILES string of the molecule is Cc1cc(C)n(C(C)CC(=O)N2Cc3ccccc3C(C(=O)O)C2)n1. The maximum atomic E-state index is 12.8. The summed E-state index contributed by atoms with van der Waals surface area (Å²) < 4.78 is 1.86. The number of carboxylic acids is 1. The van der Waals surface area contributed by atoms with E-state index < -0.39 is 11.9 Å². The molecule has 132 valence electrons. The van der Waals surface area contributed by atoms with Crippen molar-refractivity contribution in [2.45, 2.75) is 45.7 Å². The lowest BCUT2D eigenvalue weighted by Gasteiger charge is -2.33. The van der Waals surface area contributed by atoms with E-state index in [-0.39, 0.29) is 18.5 Å². The second-order valence-electron chi connectivity index (χ2n) is 6.79. The molecule has 0 spiro atoms. The molecule has 0 aliphatic carbocycles. The van der Waals surface area contributed by atoms with Crippen LogP contribution in [0.5, 0.6) is 0 Å². The summed E-state index contributed by atoms with van der Waals surface area (Å²) in [6.07, 6.45) is 0.302. The van der Waals surface area contributed by atoms with Crippen LogP contribution in [0, 0.1) is 13.8 Å². The van der Waals surface area contributed by atoms with E-state index in [2.05, 4.69) is 5.10 Å². The number of hydrogen-bond acceptors (Lipinski definition) is 3. The lowest BCUT2D eigenvalue weighted by Crippen LogP contribution is -2.41. The summed E-state index contributed by atoms with van der Waals surface area (Å²) in [6, 6.07) is 9.38. The minimum Gasteiger partial charge on any atom is -0.481 e. The van der Waals surface area contributed by atoms with Gasteiger partial charge in [0.2, 0.25) is 5.91 Å². The van der Waals surface area contributed by atoms with Crippen molar-refractivity contribution >= 4 is 11.9 Å². The summed E-state index contributed by atoms with van der Waals surface area (Å²) in [5.41, 5.74) is 3.67. The molecule has 25 heavy (non-hydrogen) atoms. The third kappa shape index (κ3) is 3.43. The summed E-state index contributed by atoms with van der Waals surface area (Å²) in [5, 5.41) is 14.0. The van der Waals surface area contributed by atoms with Crippen molar-refractivity contribution in [1.29, 1.82) is 0 Å². The Morgan fingerprint density at radius 3 is 2.68 bits per heavy atom. The molecule has 0 bridgehead atoms. The van der Waals surface area contributed by atoms with Crippen LogP contribution in [0.4, 0.5) is 0 Å².